The molecule has 300 valence electrons. The van der Waals surface area contributed by atoms with Gasteiger partial charge in [0.05, 0.1) is 17.0 Å². The van der Waals surface area contributed by atoms with Crippen molar-refractivity contribution in [3.8, 4) is 5.82 Å². The van der Waals surface area contributed by atoms with Crippen molar-refractivity contribution in [2.24, 2.45) is 0 Å². The van der Waals surface area contributed by atoms with E-state index in [0.29, 0.717) is 24.3 Å². The number of nitrogens with one attached hydrogen (secondary N) is 4. The highest BCUT2D eigenvalue weighted by Gasteiger charge is 2.16. The third-order valence-electron chi connectivity index (χ3n) is 9.86. The Balaban J connectivity index is 0.908. The smallest absolute Gasteiger partial charge is 0.251 e. The van der Waals surface area contributed by atoms with E-state index in [2.05, 4.69) is 32.2 Å². The number of aliphatic hydroxyl groups excluding tert-OH is 1. The van der Waals surface area contributed by atoms with E-state index < -0.39 is 16.1 Å². The van der Waals surface area contributed by atoms with Crippen molar-refractivity contribution in [1.29, 1.82) is 0 Å². The van der Waals surface area contributed by atoms with Crippen LogP contribution in [0.15, 0.2) is 138 Å². The minimum atomic E-state index is -3.68. The Morgan fingerprint density at radius 3 is 2.00 bits per heavy atom. The second-order valence-corrected chi connectivity index (χ2v) is 16.3. The maximum atomic E-state index is 12.9. The quantitative estimate of drug-likeness (QED) is 0.0714. The van der Waals surface area contributed by atoms with Crippen molar-refractivity contribution >= 4 is 21.8 Å². The highest BCUT2D eigenvalue weighted by Crippen LogP contribution is 2.18. The van der Waals surface area contributed by atoms with Gasteiger partial charge in [0.25, 0.3) is 5.91 Å². The zero-order valence-corrected chi connectivity index (χ0v) is 33.8. The average molecular weight is 799 g/mol. The standard InChI is InChI=1S/C46H50N6O5S/c1-32(47-31-43(53)42-13-8-14-44(51-42)52-33(2)15-16-34(52)3)25-38-11-7-12-39(26-38)27-45(54)48-28-36-17-21-40(22-18-36)46(55)49-29-37-19-23-41(24-20-37)58(56,57)50-30-35-9-5-4-6-10-35/h4-24,26,32,43,47,50,53H,25,27-31H2,1-3H3,(H,48,54)(H,49,55)/t32-,43-/m1/s1. The Hall–Kier alpha value is -5.92. The van der Waals surface area contributed by atoms with E-state index in [1.165, 1.54) is 12.1 Å². The Kier molecular flexibility index (Phi) is 14.0. The molecule has 0 saturated carbocycles. The van der Waals surface area contributed by atoms with E-state index in [4.69, 9.17) is 4.98 Å². The number of amides is 2. The number of carbonyl (C=O) groups excluding carboxylic acids is 2. The molecule has 0 radical (unpaired) electrons. The van der Waals surface area contributed by atoms with Gasteiger partial charge in [0.1, 0.15) is 11.9 Å². The van der Waals surface area contributed by atoms with Gasteiger partial charge in [-0.3, -0.25) is 9.59 Å². The van der Waals surface area contributed by atoms with E-state index in [0.717, 1.165) is 51.4 Å². The summed E-state index contributed by atoms with van der Waals surface area (Å²) >= 11 is 0. The molecule has 12 heteroatoms. The zero-order chi connectivity index (χ0) is 41.1. The second-order valence-electron chi connectivity index (χ2n) is 14.5. The molecule has 6 rings (SSSR count). The molecule has 0 aliphatic rings. The van der Waals surface area contributed by atoms with Gasteiger partial charge < -0.3 is 25.6 Å². The number of pyridine rings is 1. The van der Waals surface area contributed by atoms with Crippen molar-refractivity contribution in [2.75, 3.05) is 6.54 Å². The van der Waals surface area contributed by atoms with Gasteiger partial charge >= 0.3 is 0 Å². The number of nitrogens with zero attached hydrogens (tertiary/aromatic N) is 2. The third-order valence-corrected chi connectivity index (χ3v) is 11.3. The Morgan fingerprint density at radius 1 is 0.690 bits per heavy atom. The predicted octanol–water partition coefficient (Wildman–Crippen LogP) is 6.01. The Bertz CT molecular complexity index is 2400. The van der Waals surface area contributed by atoms with Gasteiger partial charge in [0.15, 0.2) is 0 Å². The van der Waals surface area contributed by atoms with Crippen LogP contribution in [-0.4, -0.2) is 47.5 Å². The fraction of sp³-hybridized carbons (Fsp3) is 0.239. The summed E-state index contributed by atoms with van der Waals surface area (Å²) in [6.07, 6.45) is 0.191. The number of sulfonamides is 1. The minimum absolute atomic E-state index is 0.0758. The van der Waals surface area contributed by atoms with Crippen molar-refractivity contribution in [1.82, 2.24) is 30.2 Å². The van der Waals surface area contributed by atoms with E-state index >= 15 is 0 Å². The van der Waals surface area contributed by atoms with Gasteiger partial charge in [0, 0.05) is 49.2 Å². The molecule has 2 amide bonds. The molecule has 6 aromatic rings. The van der Waals surface area contributed by atoms with Crippen molar-refractivity contribution < 1.29 is 23.1 Å². The third kappa shape index (κ3) is 11.6. The molecule has 58 heavy (non-hydrogen) atoms. The number of carbonyl (C=O) groups is 2. The molecule has 0 fully saturated rings. The maximum Gasteiger partial charge on any atom is 0.251 e. The Labute approximate surface area is 340 Å². The minimum Gasteiger partial charge on any atom is -0.385 e. The lowest BCUT2D eigenvalue weighted by atomic mass is 10.0. The summed E-state index contributed by atoms with van der Waals surface area (Å²) < 4.78 is 30.1. The molecular formula is C46H50N6O5S. The molecule has 2 aromatic heterocycles. The number of aliphatic hydroxyl groups is 1. The van der Waals surface area contributed by atoms with Crippen LogP contribution in [0.1, 0.15) is 68.3 Å². The maximum absolute atomic E-state index is 12.9. The van der Waals surface area contributed by atoms with E-state index in [1.54, 1.807) is 36.4 Å². The van der Waals surface area contributed by atoms with Gasteiger partial charge in [-0.05, 0) is 104 Å². The number of hydrogen-bond acceptors (Lipinski definition) is 7. The normalized spacial score (nSPS) is 12.5. The van der Waals surface area contributed by atoms with Crippen molar-refractivity contribution in [3.63, 3.8) is 0 Å². The van der Waals surface area contributed by atoms with Gasteiger partial charge in [-0.25, -0.2) is 18.1 Å². The molecule has 0 aliphatic carbocycles. The SMILES string of the molecule is Cc1ccc(C)n1-c1cccc([C@H](O)CN[C@H](C)Cc2cccc(CC(=O)NCc3ccc(C(=O)NCc4ccc(S(=O)(=O)NCc5ccccc5)cc4)cc3)c2)n1. The highest BCUT2D eigenvalue weighted by atomic mass is 32.2. The van der Waals surface area contributed by atoms with Gasteiger partial charge in [-0.1, -0.05) is 84.9 Å². The number of benzene rings is 4. The van der Waals surface area contributed by atoms with E-state index in [1.807, 2.05) is 98.8 Å². The molecule has 11 nitrogen and oxygen atoms in total. The van der Waals surface area contributed by atoms with Crippen LogP contribution in [0.3, 0.4) is 0 Å². The molecule has 0 aliphatic heterocycles. The fourth-order valence-corrected chi connectivity index (χ4v) is 7.66. The van der Waals surface area contributed by atoms with Crippen LogP contribution in [0.25, 0.3) is 5.82 Å². The number of rotatable bonds is 18. The number of aryl methyl sites for hydroxylation is 2. The fourth-order valence-electron chi connectivity index (χ4n) is 6.64. The summed E-state index contributed by atoms with van der Waals surface area (Å²) in [4.78, 5) is 30.6. The van der Waals surface area contributed by atoms with Crippen LogP contribution in [0.2, 0.25) is 0 Å². The van der Waals surface area contributed by atoms with Crippen LogP contribution in [0, 0.1) is 13.8 Å². The van der Waals surface area contributed by atoms with Crippen molar-refractivity contribution in [2.45, 2.75) is 70.3 Å². The summed E-state index contributed by atoms with van der Waals surface area (Å²) in [6.45, 7) is 7.24. The number of aromatic nitrogens is 2. The van der Waals surface area contributed by atoms with Crippen molar-refractivity contribution in [3.05, 3.63) is 184 Å². The van der Waals surface area contributed by atoms with Gasteiger partial charge in [-0.2, -0.15) is 0 Å². The summed E-state index contributed by atoms with van der Waals surface area (Å²) in [5, 5.41) is 20.2. The lowest BCUT2D eigenvalue weighted by Crippen LogP contribution is -2.32. The summed E-state index contributed by atoms with van der Waals surface area (Å²) in [5.41, 5.74) is 7.72. The topological polar surface area (TPSA) is 154 Å². The van der Waals surface area contributed by atoms with Crippen LogP contribution in [0.5, 0.6) is 0 Å². The molecule has 5 N–H and O–H groups in total. The first-order valence-electron chi connectivity index (χ1n) is 19.3. The molecule has 2 heterocycles. The van der Waals surface area contributed by atoms with Crippen LogP contribution in [-0.2, 0) is 47.3 Å². The first-order chi connectivity index (χ1) is 27.9. The summed E-state index contributed by atoms with van der Waals surface area (Å²) in [7, 11) is -3.68. The predicted molar refractivity (Wildman–Crippen MR) is 226 cm³/mol. The molecule has 0 bridgehead atoms. The largest absolute Gasteiger partial charge is 0.385 e. The highest BCUT2D eigenvalue weighted by molar-refractivity contribution is 7.89. The Morgan fingerprint density at radius 2 is 1.29 bits per heavy atom. The molecule has 0 unspecified atom stereocenters. The first-order valence-corrected chi connectivity index (χ1v) is 20.8. The van der Waals surface area contributed by atoms with Crippen LogP contribution in [0.4, 0.5) is 0 Å². The van der Waals surface area contributed by atoms with Gasteiger partial charge in [-0.15, -0.1) is 0 Å². The molecule has 0 saturated heterocycles. The van der Waals surface area contributed by atoms with E-state index in [9.17, 15) is 23.1 Å². The second kappa shape index (κ2) is 19.5. The first kappa shape index (κ1) is 41.7. The van der Waals surface area contributed by atoms with E-state index in [-0.39, 0.29) is 42.3 Å². The lowest BCUT2D eigenvalue weighted by molar-refractivity contribution is -0.120. The summed E-state index contributed by atoms with van der Waals surface area (Å²) in [5.74, 6) is 0.406. The van der Waals surface area contributed by atoms with Crippen LogP contribution < -0.4 is 20.7 Å². The molecule has 0 spiro atoms. The molecule has 2 atom stereocenters. The molecular weight excluding hydrogens is 749 g/mol. The zero-order valence-electron chi connectivity index (χ0n) is 33.0. The molecule has 4 aromatic carbocycles. The van der Waals surface area contributed by atoms with Gasteiger partial charge in [0.2, 0.25) is 15.9 Å². The lowest BCUT2D eigenvalue weighted by Gasteiger charge is -2.18. The number of hydrogen-bond donors (Lipinski definition) is 5. The monoisotopic (exact) mass is 798 g/mol. The average Bonchev–Trinajstić information content (AvgIpc) is 3.58. The van der Waals surface area contributed by atoms with Crippen LogP contribution >= 0.6 is 0 Å². The summed E-state index contributed by atoms with van der Waals surface area (Å²) in [6, 6.07) is 40.6.